The molecule has 0 radical (unpaired) electrons. The maximum atomic E-state index is 9.99. The van der Waals surface area contributed by atoms with E-state index in [4.69, 9.17) is 14.2 Å². The second kappa shape index (κ2) is 4.75. The van der Waals surface area contributed by atoms with E-state index >= 15 is 0 Å². The van der Waals surface area contributed by atoms with E-state index in [-0.39, 0.29) is 35.9 Å². The highest BCUT2D eigenvalue weighted by Gasteiger charge is 2.74. The number of hydrogen-bond donors (Lipinski definition) is 1. The fourth-order valence-electron chi connectivity index (χ4n) is 6.48. The van der Waals surface area contributed by atoms with E-state index in [2.05, 4.69) is 19.9 Å². The molecule has 4 nitrogen and oxygen atoms in total. The van der Waals surface area contributed by atoms with E-state index in [0.29, 0.717) is 0 Å². The molecule has 2 aliphatic carbocycles. The second-order valence-electron chi connectivity index (χ2n) is 8.11. The molecule has 5 atom stereocenters. The number of rotatable bonds is 2. The van der Waals surface area contributed by atoms with Crippen LogP contribution in [0, 0.1) is 19.3 Å². The van der Waals surface area contributed by atoms with E-state index in [9.17, 15) is 5.11 Å². The molecule has 2 saturated heterocycles. The van der Waals surface area contributed by atoms with E-state index in [1.165, 1.54) is 29.5 Å². The normalized spacial score (nSPS) is 41.9. The number of ether oxygens (including phenoxy) is 3. The molecule has 4 heteroatoms. The number of aliphatic hydroxyl groups is 1. The molecule has 5 rings (SSSR count). The summed E-state index contributed by atoms with van der Waals surface area (Å²) in [4.78, 5) is 0. The molecule has 24 heavy (non-hydrogen) atoms. The third-order valence-electron chi connectivity index (χ3n) is 7.25. The Hall–Kier alpha value is -1.10. The van der Waals surface area contributed by atoms with Crippen LogP contribution in [0.3, 0.4) is 0 Å². The van der Waals surface area contributed by atoms with Crippen LogP contribution in [0.25, 0.3) is 0 Å². The Morgan fingerprint density at radius 2 is 2.08 bits per heavy atom. The lowest BCUT2D eigenvalue weighted by molar-refractivity contribution is -0.140. The monoisotopic (exact) mass is 330 g/mol. The number of benzene rings is 1. The van der Waals surface area contributed by atoms with Crippen LogP contribution in [0.15, 0.2) is 6.07 Å². The van der Waals surface area contributed by atoms with Crippen molar-refractivity contribution in [1.82, 2.24) is 0 Å². The van der Waals surface area contributed by atoms with Crippen molar-refractivity contribution >= 4 is 0 Å². The van der Waals surface area contributed by atoms with Crippen LogP contribution in [-0.4, -0.2) is 30.5 Å². The van der Waals surface area contributed by atoms with Crippen LogP contribution in [0.2, 0.25) is 0 Å². The Bertz CT molecular complexity index is 714. The number of aliphatic hydroxyl groups excluding tert-OH is 1. The van der Waals surface area contributed by atoms with Gasteiger partial charge in [-0.05, 0) is 61.4 Å². The average molecular weight is 330 g/mol. The first-order chi connectivity index (χ1) is 11.6. The van der Waals surface area contributed by atoms with Gasteiger partial charge in [0.25, 0.3) is 0 Å². The predicted octanol–water partition coefficient (Wildman–Crippen LogP) is 3.52. The molecule has 1 N–H and O–H groups in total. The largest absolute Gasteiger partial charge is 0.496 e. The van der Waals surface area contributed by atoms with E-state index in [1.54, 1.807) is 7.11 Å². The summed E-state index contributed by atoms with van der Waals surface area (Å²) in [6.45, 7) is 4.30. The maximum Gasteiger partial charge on any atom is 0.125 e. The molecule has 2 heterocycles. The minimum absolute atomic E-state index is 0.0454. The lowest BCUT2D eigenvalue weighted by atomic mass is 9.56. The quantitative estimate of drug-likeness (QED) is 0.901. The van der Waals surface area contributed by atoms with E-state index in [0.717, 1.165) is 30.6 Å². The van der Waals surface area contributed by atoms with Crippen LogP contribution in [-0.2, 0) is 9.47 Å². The predicted molar refractivity (Wildman–Crippen MR) is 89.2 cm³/mol. The second-order valence-corrected chi connectivity index (χ2v) is 8.11. The molecule has 1 aromatic rings. The van der Waals surface area contributed by atoms with Gasteiger partial charge in [0.15, 0.2) is 0 Å². The Kier molecular flexibility index (Phi) is 3.00. The highest BCUT2D eigenvalue weighted by Crippen LogP contribution is 2.74. The van der Waals surface area contributed by atoms with Crippen molar-refractivity contribution in [2.75, 3.05) is 13.7 Å². The zero-order valence-electron chi connectivity index (χ0n) is 14.7. The summed E-state index contributed by atoms with van der Waals surface area (Å²) >= 11 is 0. The maximum absolute atomic E-state index is 9.99. The summed E-state index contributed by atoms with van der Waals surface area (Å²) in [6, 6.07) is 2.24. The molecule has 130 valence electrons. The van der Waals surface area contributed by atoms with Crippen LogP contribution in [0.1, 0.15) is 66.6 Å². The van der Waals surface area contributed by atoms with Crippen LogP contribution >= 0.6 is 0 Å². The fourth-order valence-corrected chi connectivity index (χ4v) is 6.48. The summed E-state index contributed by atoms with van der Waals surface area (Å²) in [5.41, 5.74) is 4.65. The Morgan fingerprint density at radius 1 is 1.29 bits per heavy atom. The van der Waals surface area contributed by atoms with Crippen LogP contribution in [0.5, 0.6) is 5.75 Å². The van der Waals surface area contributed by atoms with Gasteiger partial charge in [0.2, 0.25) is 0 Å². The molecule has 2 aliphatic heterocycles. The van der Waals surface area contributed by atoms with Gasteiger partial charge in [-0.15, -0.1) is 0 Å². The summed E-state index contributed by atoms with van der Waals surface area (Å²) < 4.78 is 18.9. The van der Waals surface area contributed by atoms with Gasteiger partial charge in [0, 0.05) is 5.41 Å². The zero-order valence-corrected chi connectivity index (χ0v) is 14.7. The molecule has 0 aromatic heterocycles. The SMILES string of the molecule is COc1c(C)cc2c(c1C)[C@@H]1C[C@@]34CCCC[C@]3(O1)[C@@H](CO)O[C@@H]24. The van der Waals surface area contributed by atoms with Crippen molar-refractivity contribution in [1.29, 1.82) is 0 Å². The molecule has 2 bridgehead atoms. The van der Waals surface area contributed by atoms with E-state index < -0.39 is 0 Å². The van der Waals surface area contributed by atoms with Gasteiger partial charge in [-0.25, -0.2) is 0 Å². The first kappa shape index (κ1) is 15.2. The minimum Gasteiger partial charge on any atom is -0.496 e. The third-order valence-corrected chi connectivity index (χ3v) is 7.25. The topological polar surface area (TPSA) is 47.9 Å². The van der Waals surface area contributed by atoms with Crippen molar-refractivity contribution in [3.63, 3.8) is 0 Å². The van der Waals surface area contributed by atoms with Crippen LogP contribution in [0.4, 0.5) is 0 Å². The summed E-state index contributed by atoms with van der Waals surface area (Å²) in [7, 11) is 1.74. The van der Waals surface area contributed by atoms with Crippen molar-refractivity contribution in [3.05, 3.63) is 28.3 Å². The highest BCUT2D eigenvalue weighted by atomic mass is 16.6. The summed E-state index contributed by atoms with van der Waals surface area (Å²) in [5, 5.41) is 9.99. The lowest BCUT2D eigenvalue weighted by Crippen LogP contribution is -2.52. The molecule has 1 spiro atoms. The zero-order chi connectivity index (χ0) is 16.7. The minimum atomic E-state index is -0.304. The van der Waals surface area contributed by atoms with Gasteiger partial charge in [0.1, 0.15) is 17.5 Å². The van der Waals surface area contributed by atoms with Crippen molar-refractivity contribution in [2.45, 2.75) is 69.9 Å². The van der Waals surface area contributed by atoms with Crippen LogP contribution < -0.4 is 4.74 Å². The number of hydrogen-bond acceptors (Lipinski definition) is 4. The molecular formula is C20H26O4. The number of methoxy groups -OCH3 is 1. The number of aryl methyl sites for hydroxylation is 1. The van der Waals surface area contributed by atoms with Gasteiger partial charge in [0.05, 0.1) is 25.9 Å². The Balaban J connectivity index is 1.76. The van der Waals surface area contributed by atoms with Gasteiger partial charge in [-0.1, -0.05) is 12.8 Å². The molecule has 0 unspecified atom stereocenters. The van der Waals surface area contributed by atoms with Gasteiger partial charge < -0.3 is 19.3 Å². The molecule has 1 aromatic carbocycles. The molecule has 3 fully saturated rings. The molecule has 0 amide bonds. The Morgan fingerprint density at radius 3 is 2.83 bits per heavy atom. The summed E-state index contributed by atoms with van der Waals surface area (Å²) in [5.74, 6) is 0.968. The smallest absolute Gasteiger partial charge is 0.125 e. The lowest BCUT2D eigenvalue weighted by Gasteiger charge is -2.45. The molecule has 4 aliphatic rings. The van der Waals surface area contributed by atoms with Gasteiger partial charge in [-0.3, -0.25) is 0 Å². The Labute approximate surface area is 143 Å². The average Bonchev–Trinajstić information content (AvgIpc) is 3.01. The third kappa shape index (κ3) is 1.48. The van der Waals surface area contributed by atoms with Crippen molar-refractivity contribution < 1.29 is 19.3 Å². The van der Waals surface area contributed by atoms with Crippen molar-refractivity contribution in [2.24, 2.45) is 5.41 Å². The summed E-state index contributed by atoms with van der Waals surface area (Å²) in [6.07, 6.45) is 5.55. The highest BCUT2D eigenvalue weighted by molar-refractivity contribution is 5.55. The number of fused-ring (bicyclic) bond motifs is 4. The fraction of sp³-hybridized carbons (Fsp3) is 0.700. The van der Waals surface area contributed by atoms with Gasteiger partial charge >= 0.3 is 0 Å². The van der Waals surface area contributed by atoms with Gasteiger partial charge in [-0.2, -0.15) is 0 Å². The first-order valence-electron chi connectivity index (χ1n) is 9.20. The van der Waals surface area contributed by atoms with Crippen molar-refractivity contribution in [3.8, 4) is 5.75 Å². The molecular weight excluding hydrogens is 304 g/mol. The van der Waals surface area contributed by atoms with E-state index in [1.807, 2.05) is 0 Å². The molecule has 1 saturated carbocycles. The first-order valence-corrected chi connectivity index (χ1v) is 9.20. The standard InChI is InChI=1S/C20H26O4/c1-11-8-13-16(12(2)17(11)22-3)14-9-19-6-4-5-7-20(19,24-14)15(10-21)23-18(13)19/h8,14-15,18,21H,4-7,9-10H2,1-3H3/t14-,15+,18-,19+,20-/m0/s1.